The Kier molecular flexibility index (Phi) is 8.39. The van der Waals surface area contributed by atoms with E-state index in [4.69, 9.17) is 23.2 Å². The third-order valence-electron chi connectivity index (χ3n) is 4.02. The third kappa shape index (κ3) is 5.96. The molecule has 2 aromatic rings. The van der Waals surface area contributed by atoms with Gasteiger partial charge in [-0.05, 0) is 35.9 Å². The normalized spacial score (nSPS) is 11.5. The van der Waals surface area contributed by atoms with Crippen molar-refractivity contribution in [2.75, 3.05) is 25.2 Å². The number of alkyl halides is 2. The Hall–Kier alpha value is -0.750. The molecule has 2 aromatic carbocycles. The van der Waals surface area contributed by atoms with Gasteiger partial charge in [-0.15, -0.1) is 23.2 Å². The molecular formula is C20H26Cl2NP. The first kappa shape index (κ1) is 19.6. The van der Waals surface area contributed by atoms with E-state index >= 15 is 0 Å². The molecule has 0 aliphatic rings. The molecule has 0 bridgehead atoms. The van der Waals surface area contributed by atoms with Crippen LogP contribution in [0, 0.1) is 0 Å². The van der Waals surface area contributed by atoms with E-state index < -0.39 is 0 Å². The van der Waals surface area contributed by atoms with Gasteiger partial charge in [0.1, 0.15) is 4.84 Å². The minimum atomic E-state index is -0.212. The Morgan fingerprint density at radius 2 is 1.54 bits per heavy atom. The van der Waals surface area contributed by atoms with Gasteiger partial charge in [0.05, 0.1) is 0 Å². The molecular weight excluding hydrogens is 356 g/mol. The zero-order valence-electron chi connectivity index (χ0n) is 14.4. The Morgan fingerprint density at radius 1 is 0.875 bits per heavy atom. The number of para-hydroxylation sites is 1. The maximum absolute atomic E-state index is 5.78. The second-order valence-corrected chi connectivity index (χ2v) is 8.79. The molecule has 0 radical (unpaired) electrons. The molecule has 0 N–H and O–H groups in total. The number of hydrogen-bond donors (Lipinski definition) is 0. The minimum Gasteiger partial charge on any atom is -0.377 e. The van der Waals surface area contributed by atoms with Gasteiger partial charge in [0.25, 0.3) is 0 Å². The van der Waals surface area contributed by atoms with E-state index in [1.807, 2.05) is 0 Å². The number of rotatable bonds is 9. The largest absolute Gasteiger partial charge is 0.377 e. The molecule has 2 rings (SSSR count). The fourth-order valence-electron chi connectivity index (χ4n) is 2.79. The average Bonchev–Trinajstić information content (AvgIpc) is 2.58. The summed E-state index contributed by atoms with van der Waals surface area (Å²) >= 11 is 11.6. The lowest BCUT2D eigenvalue weighted by atomic mass is 10.0. The van der Waals surface area contributed by atoms with Crippen molar-refractivity contribution in [2.24, 2.45) is 0 Å². The summed E-state index contributed by atoms with van der Waals surface area (Å²) in [6.45, 7) is 0. The number of anilines is 1. The van der Waals surface area contributed by atoms with Crippen LogP contribution in [0.3, 0.4) is 0 Å². The van der Waals surface area contributed by atoms with Crippen molar-refractivity contribution in [1.29, 1.82) is 0 Å². The van der Waals surface area contributed by atoms with E-state index in [1.165, 1.54) is 41.1 Å². The summed E-state index contributed by atoms with van der Waals surface area (Å²) < 4.78 is 0. The molecule has 0 saturated heterocycles. The fraction of sp³-hybridized carbons (Fsp3) is 0.400. The van der Waals surface area contributed by atoms with Gasteiger partial charge in [-0.3, -0.25) is 0 Å². The molecule has 0 aromatic heterocycles. The highest BCUT2D eigenvalue weighted by Gasteiger charge is 2.10. The average molecular weight is 382 g/mol. The molecule has 1 atom stereocenters. The summed E-state index contributed by atoms with van der Waals surface area (Å²) in [5.74, 6) is 0. The summed E-state index contributed by atoms with van der Waals surface area (Å²) in [5.41, 5.74) is 3.95. The summed E-state index contributed by atoms with van der Waals surface area (Å²) in [6.07, 6.45) is 5.70. The maximum atomic E-state index is 5.78. The van der Waals surface area contributed by atoms with Gasteiger partial charge in [0.15, 0.2) is 0 Å². The summed E-state index contributed by atoms with van der Waals surface area (Å²) in [5, 5.41) is 1.46. The summed E-state index contributed by atoms with van der Waals surface area (Å²) in [4.78, 5) is 1.97. The van der Waals surface area contributed by atoms with E-state index in [0.29, 0.717) is 0 Å². The van der Waals surface area contributed by atoms with Crippen LogP contribution in [0.1, 0.15) is 25.7 Å². The molecule has 24 heavy (non-hydrogen) atoms. The predicted molar refractivity (Wildman–Crippen MR) is 113 cm³/mol. The molecule has 0 amide bonds. The first-order valence-electron chi connectivity index (χ1n) is 8.47. The van der Waals surface area contributed by atoms with Gasteiger partial charge >= 0.3 is 0 Å². The Labute approximate surface area is 158 Å². The lowest BCUT2D eigenvalue weighted by Gasteiger charge is -2.19. The van der Waals surface area contributed by atoms with Gasteiger partial charge in [0, 0.05) is 25.3 Å². The van der Waals surface area contributed by atoms with Crippen LogP contribution in [-0.2, 0) is 0 Å². The van der Waals surface area contributed by atoms with Crippen molar-refractivity contribution in [3.63, 3.8) is 0 Å². The number of unbranched alkanes of at least 4 members (excludes halogenated alkanes) is 2. The lowest BCUT2D eigenvalue weighted by Crippen LogP contribution is -2.11. The van der Waals surface area contributed by atoms with Crippen molar-refractivity contribution in [3.8, 4) is 11.1 Å². The van der Waals surface area contributed by atoms with Crippen LogP contribution in [0.25, 0.3) is 11.1 Å². The first-order chi connectivity index (χ1) is 11.6. The zero-order chi connectivity index (χ0) is 17.4. The monoisotopic (exact) mass is 381 g/mol. The van der Waals surface area contributed by atoms with Crippen LogP contribution < -0.4 is 10.2 Å². The van der Waals surface area contributed by atoms with Crippen LogP contribution >= 0.6 is 31.8 Å². The predicted octanol–water partition coefficient (Wildman–Crippen LogP) is 6.09. The van der Waals surface area contributed by atoms with E-state index in [2.05, 4.69) is 67.5 Å². The molecule has 0 fully saturated rings. The molecule has 1 unspecified atom stereocenters. The number of hydrogen-bond acceptors (Lipinski definition) is 1. The number of benzene rings is 2. The molecule has 0 aliphatic heterocycles. The van der Waals surface area contributed by atoms with Crippen LogP contribution in [-0.4, -0.2) is 25.1 Å². The molecule has 0 spiro atoms. The smallest absolute Gasteiger partial charge is 0.107 e. The van der Waals surface area contributed by atoms with E-state index in [-0.39, 0.29) is 4.84 Å². The Morgan fingerprint density at radius 3 is 2.25 bits per heavy atom. The van der Waals surface area contributed by atoms with Gasteiger partial charge in [-0.25, -0.2) is 0 Å². The van der Waals surface area contributed by atoms with E-state index in [0.717, 1.165) is 21.4 Å². The van der Waals surface area contributed by atoms with E-state index in [1.54, 1.807) is 0 Å². The maximum Gasteiger partial charge on any atom is 0.107 e. The number of nitrogens with zero attached hydrogens (tertiary/aromatic N) is 1. The van der Waals surface area contributed by atoms with Gasteiger partial charge in [0.2, 0.25) is 0 Å². The Bertz CT molecular complexity index is 629. The standard InChI is InChI=1S/C20H26Cl2NP/c1-23(2)18-12-7-5-10-16(18)17-11-6-8-13-19(17)24-15-9-3-4-14-20(21)22/h5-8,10-13,20,24H,3-4,9,14-15H2,1-2H3. The molecule has 4 heteroatoms. The second kappa shape index (κ2) is 10.3. The van der Waals surface area contributed by atoms with Gasteiger partial charge < -0.3 is 4.90 Å². The third-order valence-corrected chi connectivity index (χ3v) is 5.87. The van der Waals surface area contributed by atoms with Crippen LogP contribution in [0.5, 0.6) is 0 Å². The van der Waals surface area contributed by atoms with E-state index in [9.17, 15) is 0 Å². The summed E-state index contributed by atoms with van der Waals surface area (Å²) in [6, 6.07) is 17.4. The highest BCUT2D eigenvalue weighted by Crippen LogP contribution is 2.31. The highest BCUT2D eigenvalue weighted by molar-refractivity contribution is 7.47. The van der Waals surface area contributed by atoms with Crippen molar-refractivity contribution in [3.05, 3.63) is 48.5 Å². The highest BCUT2D eigenvalue weighted by atomic mass is 35.5. The molecule has 0 aliphatic carbocycles. The van der Waals surface area contributed by atoms with Crippen molar-refractivity contribution >= 4 is 42.8 Å². The SMILES string of the molecule is CN(C)c1ccccc1-c1ccccc1PCCCCCC(Cl)Cl. The molecule has 0 saturated carbocycles. The molecule has 130 valence electrons. The molecule has 0 heterocycles. The zero-order valence-corrected chi connectivity index (χ0v) is 16.9. The van der Waals surface area contributed by atoms with Gasteiger partial charge in [-0.1, -0.05) is 63.9 Å². The van der Waals surface area contributed by atoms with Crippen molar-refractivity contribution < 1.29 is 0 Å². The fourth-order valence-corrected chi connectivity index (χ4v) is 4.41. The quantitative estimate of drug-likeness (QED) is 0.288. The minimum absolute atomic E-state index is 0.212. The van der Waals surface area contributed by atoms with Gasteiger partial charge in [-0.2, -0.15) is 0 Å². The topological polar surface area (TPSA) is 3.24 Å². The molecule has 1 nitrogen and oxygen atoms in total. The second-order valence-electron chi connectivity index (χ2n) is 6.12. The summed E-state index contributed by atoms with van der Waals surface area (Å²) in [7, 11) is 5.04. The van der Waals surface area contributed by atoms with Crippen molar-refractivity contribution in [1.82, 2.24) is 0 Å². The Balaban J connectivity index is 2.03. The first-order valence-corrected chi connectivity index (χ1v) is 10.6. The number of halogens is 2. The van der Waals surface area contributed by atoms with Crippen molar-refractivity contribution in [2.45, 2.75) is 30.5 Å². The van der Waals surface area contributed by atoms with Crippen LogP contribution in [0.4, 0.5) is 5.69 Å². The van der Waals surface area contributed by atoms with Crippen LogP contribution in [0.2, 0.25) is 0 Å². The lowest BCUT2D eigenvalue weighted by molar-refractivity contribution is 0.696. The van der Waals surface area contributed by atoms with Crippen LogP contribution in [0.15, 0.2) is 48.5 Å².